The number of benzene rings is 1. The summed E-state index contributed by atoms with van der Waals surface area (Å²) in [5.74, 6) is -0.326. The van der Waals surface area contributed by atoms with E-state index >= 15 is 0 Å². The van der Waals surface area contributed by atoms with Gasteiger partial charge in [0.05, 0.1) is 6.54 Å². The monoisotopic (exact) mass is 232 g/mol. The Hall–Kier alpha value is -1.84. The molecule has 0 aliphatic heterocycles. The molecule has 0 atom stereocenters. The van der Waals surface area contributed by atoms with Crippen molar-refractivity contribution in [1.29, 1.82) is 0 Å². The lowest BCUT2D eigenvalue weighted by Gasteiger charge is -2.26. The van der Waals surface area contributed by atoms with Crippen LogP contribution in [0.3, 0.4) is 0 Å². The molecule has 90 valence electrons. The van der Waals surface area contributed by atoms with Gasteiger partial charge in [0.15, 0.2) is 0 Å². The summed E-state index contributed by atoms with van der Waals surface area (Å²) in [5, 5.41) is 5.47. The van der Waals surface area contributed by atoms with E-state index in [4.69, 9.17) is 0 Å². The molecule has 2 rings (SSSR count). The summed E-state index contributed by atoms with van der Waals surface area (Å²) in [4.78, 5) is 23.1. The van der Waals surface area contributed by atoms with E-state index in [1.54, 1.807) is 24.3 Å². The van der Waals surface area contributed by atoms with Crippen molar-refractivity contribution in [2.24, 2.45) is 0 Å². The molecule has 0 bridgehead atoms. The standard InChI is InChI=1S/C13H16N2O2/c16-12(15-11-7-4-8-11)9-14-13(17)10-5-2-1-3-6-10/h1-3,5-6,11H,4,7-9H2,(H,14,17)(H,15,16). The average Bonchev–Trinajstić information content (AvgIpc) is 2.32. The third-order valence-electron chi connectivity index (χ3n) is 2.92. The van der Waals surface area contributed by atoms with Crippen LogP contribution in [0.1, 0.15) is 29.6 Å². The zero-order chi connectivity index (χ0) is 12.1. The molecule has 0 saturated heterocycles. The van der Waals surface area contributed by atoms with Crippen molar-refractivity contribution in [2.45, 2.75) is 25.3 Å². The van der Waals surface area contributed by atoms with Crippen molar-refractivity contribution in [3.63, 3.8) is 0 Å². The predicted octanol–water partition coefficient (Wildman–Crippen LogP) is 1.09. The number of carbonyl (C=O) groups is 2. The van der Waals surface area contributed by atoms with Gasteiger partial charge in [0.1, 0.15) is 0 Å². The number of carbonyl (C=O) groups excluding carboxylic acids is 2. The van der Waals surface area contributed by atoms with Crippen LogP contribution in [0.15, 0.2) is 30.3 Å². The number of hydrogen-bond donors (Lipinski definition) is 2. The third kappa shape index (κ3) is 3.31. The number of nitrogens with one attached hydrogen (secondary N) is 2. The minimum atomic E-state index is -0.214. The highest BCUT2D eigenvalue weighted by atomic mass is 16.2. The highest BCUT2D eigenvalue weighted by molar-refractivity contribution is 5.96. The summed E-state index contributed by atoms with van der Waals surface area (Å²) in [5.41, 5.74) is 0.573. The van der Waals surface area contributed by atoms with Crippen molar-refractivity contribution in [1.82, 2.24) is 10.6 Å². The van der Waals surface area contributed by atoms with E-state index < -0.39 is 0 Å². The Morgan fingerprint density at radius 2 is 1.88 bits per heavy atom. The summed E-state index contributed by atoms with van der Waals surface area (Å²) in [7, 11) is 0. The number of hydrogen-bond acceptors (Lipinski definition) is 2. The molecule has 0 spiro atoms. The fourth-order valence-corrected chi connectivity index (χ4v) is 1.68. The summed E-state index contributed by atoms with van der Waals surface area (Å²) >= 11 is 0. The van der Waals surface area contributed by atoms with Crippen LogP contribution in [0.4, 0.5) is 0 Å². The van der Waals surface area contributed by atoms with Crippen LogP contribution in [0.5, 0.6) is 0 Å². The minimum absolute atomic E-state index is 0.0459. The molecule has 4 heteroatoms. The Kier molecular flexibility index (Phi) is 3.75. The first-order valence-electron chi connectivity index (χ1n) is 5.88. The van der Waals surface area contributed by atoms with Crippen LogP contribution in [0.2, 0.25) is 0 Å². The van der Waals surface area contributed by atoms with E-state index in [2.05, 4.69) is 10.6 Å². The van der Waals surface area contributed by atoms with Crippen molar-refractivity contribution in [3.8, 4) is 0 Å². The largest absolute Gasteiger partial charge is 0.352 e. The minimum Gasteiger partial charge on any atom is -0.352 e. The molecule has 0 radical (unpaired) electrons. The fourth-order valence-electron chi connectivity index (χ4n) is 1.68. The molecule has 2 amide bonds. The van der Waals surface area contributed by atoms with Crippen molar-refractivity contribution in [3.05, 3.63) is 35.9 Å². The highest BCUT2D eigenvalue weighted by Crippen LogP contribution is 2.17. The van der Waals surface area contributed by atoms with Crippen LogP contribution in [0.25, 0.3) is 0 Å². The van der Waals surface area contributed by atoms with Crippen molar-refractivity contribution in [2.75, 3.05) is 6.54 Å². The maximum atomic E-state index is 11.6. The van der Waals surface area contributed by atoms with Gasteiger partial charge in [-0.25, -0.2) is 0 Å². The van der Waals surface area contributed by atoms with Gasteiger partial charge in [-0.15, -0.1) is 0 Å². The molecule has 17 heavy (non-hydrogen) atoms. The molecular formula is C13H16N2O2. The number of rotatable bonds is 4. The zero-order valence-electron chi connectivity index (χ0n) is 9.61. The van der Waals surface area contributed by atoms with Gasteiger partial charge in [0.25, 0.3) is 5.91 Å². The van der Waals surface area contributed by atoms with E-state index in [0.29, 0.717) is 11.6 Å². The first-order valence-corrected chi connectivity index (χ1v) is 5.88. The topological polar surface area (TPSA) is 58.2 Å². The highest BCUT2D eigenvalue weighted by Gasteiger charge is 2.19. The first kappa shape index (κ1) is 11.6. The maximum Gasteiger partial charge on any atom is 0.251 e. The third-order valence-corrected chi connectivity index (χ3v) is 2.92. The van der Waals surface area contributed by atoms with Crippen LogP contribution < -0.4 is 10.6 Å². The zero-order valence-corrected chi connectivity index (χ0v) is 9.61. The summed E-state index contributed by atoms with van der Waals surface area (Å²) < 4.78 is 0. The summed E-state index contributed by atoms with van der Waals surface area (Å²) in [6, 6.07) is 9.20. The second-order valence-corrected chi connectivity index (χ2v) is 4.24. The second-order valence-electron chi connectivity index (χ2n) is 4.24. The lowest BCUT2D eigenvalue weighted by molar-refractivity contribution is -0.121. The Bertz CT molecular complexity index is 399. The molecule has 1 fully saturated rings. The van der Waals surface area contributed by atoms with Crippen LogP contribution in [-0.2, 0) is 4.79 Å². The SMILES string of the molecule is O=C(CNC(=O)c1ccccc1)NC1CCC1. The molecule has 4 nitrogen and oxygen atoms in total. The normalized spacial score (nSPS) is 14.8. The van der Waals surface area contributed by atoms with E-state index in [1.807, 2.05) is 6.07 Å². The van der Waals surface area contributed by atoms with Crippen LogP contribution >= 0.6 is 0 Å². The molecular weight excluding hydrogens is 216 g/mol. The van der Waals surface area contributed by atoms with Gasteiger partial charge in [-0.1, -0.05) is 18.2 Å². The molecule has 1 aromatic carbocycles. The van der Waals surface area contributed by atoms with Crippen molar-refractivity contribution < 1.29 is 9.59 Å². The fraction of sp³-hybridized carbons (Fsp3) is 0.385. The summed E-state index contributed by atoms with van der Waals surface area (Å²) in [6.07, 6.45) is 3.29. The molecule has 0 heterocycles. The van der Waals surface area contributed by atoms with Crippen LogP contribution in [-0.4, -0.2) is 24.4 Å². The van der Waals surface area contributed by atoms with Gasteiger partial charge < -0.3 is 10.6 Å². The molecule has 1 saturated carbocycles. The maximum absolute atomic E-state index is 11.6. The molecule has 1 aromatic rings. The van der Waals surface area contributed by atoms with Crippen molar-refractivity contribution >= 4 is 11.8 Å². The first-order chi connectivity index (χ1) is 8.25. The van der Waals surface area contributed by atoms with Gasteiger partial charge in [0, 0.05) is 11.6 Å². The lowest BCUT2D eigenvalue weighted by Crippen LogP contribution is -2.44. The Morgan fingerprint density at radius 1 is 1.18 bits per heavy atom. The van der Waals surface area contributed by atoms with E-state index in [0.717, 1.165) is 12.8 Å². The summed E-state index contributed by atoms with van der Waals surface area (Å²) in [6.45, 7) is 0.0459. The van der Waals surface area contributed by atoms with E-state index in [1.165, 1.54) is 6.42 Å². The van der Waals surface area contributed by atoms with E-state index in [9.17, 15) is 9.59 Å². The Labute approximate surface area is 100 Å². The predicted molar refractivity (Wildman–Crippen MR) is 64.6 cm³/mol. The van der Waals surface area contributed by atoms with Gasteiger partial charge in [0.2, 0.25) is 5.91 Å². The molecule has 2 N–H and O–H groups in total. The molecule has 0 aromatic heterocycles. The van der Waals surface area contributed by atoms with Gasteiger partial charge >= 0.3 is 0 Å². The second kappa shape index (κ2) is 5.48. The van der Waals surface area contributed by atoms with E-state index in [-0.39, 0.29) is 18.4 Å². The quantitative estimate of drug-likeness (QED) is 0.816. The van der Waals surface area contributed by atoms with Gasteiger partial charge in [-0.3, -0.25) is 9.59 Å². The number of amides is 2. The van der Waals surface area contributed by atoms with Gasteiger partial charge in [-0.2, -0.15) is 0 Å². The van der Waals surface area contributed by atoms with Gasteiger partial charge in [-0.05, 0) is 31.4 Å². The molecule has 1 aliphatic rings. The average molecular weight is 232 g/mol. The lowest BCUT2D eigenvalue weighted by atomic mass is 9.93. The smallest absolute Gasteiger partial charge is 0.251 e. The Morgan fingerprint density at radius 3 is 2.47 bits per heavy atom. The molecule has 1 aliphatic carbocycles. The Balaban J connectivity index is 1.74. The molecule has 0 unspecified atom stereocenters. The van der Waals surface area contributed by atoms with Crippen LogP contribution in [0, 0.1) is 0 Å².